The zero-order valence-corrected chi connectivity index (χ0v) is 12.9. The predicted molar refractivity (Wildman–Crippen MR) is 74.9 cm³/mol. The fourth-order valence-corrected chi connectivity index (χ4v) is 3.15. The molecule has 0 fully saturated rings. The summed E-state index contributed by atoms with van der Waals surface area (Å²) in [5.41, 5.74) is 1.82. The van der Waals surface area contributed by atoms with Gasteiger partial charge >= 0.3 is 0 Å². The van der Waals surface area contributed by atoms with E-state index in [1.165, 1.54) is 4.57 Å². The van der Waals surface area contributed by atoms with Crippen molar-refractivity contribution in [1.29, 1.82) is 0 Å². The zero-order chi connectivity index (χ0) is 14.2. The van der Waals surface area contributed by atoms with Crippen LogP contribution in [-0.2, 0) is 16.6 Å². The van der Waals surface area contributed by atoms with Crippen LogP contribution in [0.1, 0.15) is 12.5 Å². The highest BCUT2D eigenvalue weighted by Crippen LogP contribution is 2.25. The molecule has 2 rings (SSSR count). The number of nitrogens with zero attached hydrogens (tertiary/aromatic N) is 3. The van der Waals surface area contributed by atoms with Crippen molar-refractivity contribution < 1.29 is 8.42 Å². The van der Waals surface area contributed by atoms with Gasteiger partial charge < -0.3 is 0 Å². The molecular weight excluding hydrogens is 332 g/mol. The van der Waals surface area contributed by atoms with Gasteiger partial charge in [-0.15, -0.1) is 10.2 Å². The Labute approximate surface area is 119 Å². The Kier molecular flexibility index (Phi) is 3.75. The summed E-state index contributed by atoms with van der Waals surface area (Å²) in [5, 5.41) is 12.5. The molecule has 1 aromatic carbocycles. The number of aryl methyl sites for hydroxylation is 1. The fraction of sp³-hybridized carbons (Fsp3) is 0.273. The van der Waals surface area contributed by atoms with E-state index in [9.17, 15) is 8.42 Å². The maximum atomic E-state index is 11.4. The van der Waals surface area contributed by atoms with Crippen LogP contribution < -0.4 is 5.14 Å². The molecule has 0 aliphatic heterocycles. The molecule has 0 amide bonds. The van der Waals surface area contributed by atoms with E-state index in [4.69, 9.17) is 5.14 Å². The molecule has 102 valence electrons. The normalized spacial score (nSPS) is 11.8. The summed E-state index contributed by atoms with van der Waals surface area (Å²) >= 11 is 3.40. The molecule has 0 spiro atoms. The van der Waals surface area contributed by atoms with Crippen LogP contribution in [0.4, 0.5) is 0 Å². The highest BCUT2D eigenvalue weighted by Gasteiger charge is 2.21. The lowest BCUT2D eigenvalue weighted by Crippen LogP contribution is -2.18. The predicted octanol–water partition coefficient (Wildman–Crippen LogP) is 1.68. The number of benzene rings is 1. The number of primary sulfonamides is 1. The van der Waals surface area contributed by atoms with Crippen LogP contribution in [0.5, 0.6) is 0 Å². The summed E-state index contributed by atoms with van der Waals surface area (Å²) in [7, 11) is -3.88. The number of hydrogen-bond acceptors (Lipinski definition) is 4. The molecule has 0 saturated heterocycles. The van der Waals surface area contributed by atoms with Crippen molar-refractivity contribution in [2.45, 2.75) is 25.5 Å². The minimum atomic E-state index is -3.88. The number of sulfonamides is 1. The molecule has 19 heavy (non-hydrogen) atoms. The molecule has 6 nitrogen and oxygen atoms in total. The maximum Gasteiger partial charge on any atom is 0.273 e. The Morgan fingerprint density at radius 3 is 2.53 bits per heavy atom. The van der Waals surface area contributed by atoms with E-state index in [0.717, 1.165) is 15.6 Å². The Morgan fingerprint density at radius 1 is 1.32 bits per heavy atom. The monoisotopic (exact) mass is 344 g/mol. The lowest BCUT2D eigenvalue weighted by atomic mass is 10.1. The van der Waals surface area contributed by atoms with Crippen LogP contribution in [0.3, 0.4) is 0 Å². The van der Waals surface area contributed by atoms with E-state index >= 15 is 0 Å². The van der Waals surface area contributed by atoms with Gasteiger partial charge in [-0.3, -0.25) is 4.57 Å². The number of aromatic nitrogens is 3. The molecule has 8 heteroatoms. The molecule has 1 heterocycles. The summed E-state index contributed by atoms with van der Waals surface area (Å²) in [5.74, 6) is 0.482. The van der Waals surface area contributed by atoms with Crippen LogP contribution in [0.15, 0.2) is 27.8 Å². The molecule has 2 aromatic rings. The first-order valence-electron chi connectivity index (χ1n) is 5.56. The van der Waals surface area contributed by atoms with Crippen LogP contribution in [0, 0.1) is 6.92 Å². The van der Waals surface area contributed by atoms with Gasteiger partial charge in [0.1, 0.15) is 0 Å². The van der Waals surface area contributed by atoms with Crippen molar-refractivity contribution in [2.24, 2.45) is 5.14 Å². The summed E-state index contributed by atoms with van der Waals surface area (Å²) in [6.07, 6.45) is 0. The smallest absolute Gasteiger partial charge is 0.273 e. The average Bonchev–Trinajstić information content (AvgIpc) is 2.70. The highest BCUT2D eigenvalue weighted by atomic mass is 79.9. The summed E-state index contributed by atoms with van der Waals surface area (Å²) in [6.45, 7) is 4.17. The molecule has 2 N–H and O–H groups in total. The molecule has 0 saturated carbocycles. The molecule has 0 unspecified atom stereocenters. The van der Waals surface area contributed by atoms with Gasteiger partial charge in [-0.05, 0) is 37.6 Å². The van der Waals surface area contributed by atoms with Gasteiger partial charge in [0.05, 0.1) is 0 Å². The van der Waals surface area contributed by atoms with Gasteiger partial charge in [0.2, 0.25) is 0 Å². The molecular formula is C11H13BrN4O2S. The zero-order valence-electron chi connectivity index (χ0n) is 10.5. The first kappa shape index (κ1) is 14.2. The summed E-state index contributed by atoms with van der Waals surface area (Å²) < 4.78 is 25.2. The topological polar surface area (TPSA) is 90.9 Å². The van der Waals surface area contributed by atoms with Crippen molar-refractivity contribution in [1.82, 2.24) is 14.8 Å². The van der Waals surface area contributed by atoms with Crippen LogP contribution in [0.25, 0.3) is 11.4 Å². The van der Waals surface area contributed by atoms with Gasteiger partial charge in [-0.1, -0.05) is 15.9 Å². The van der Waals surface area contributed by atoms with Crippen LogP contribution >= 0.6 is 15.9 Å². The van der Waals surface area contributed by atoms with Crippen molar-refractivity contribution in [3.8, 4) is 11.4 Å². The SMILES string of the molecule is CCn1c(-c2cc(C)cc(Br)c2)nnc1S(N)(=O)=O. The van der Waals surface area contributed by atoms with Gasteiger partial charge in [0.25, 0.3) is 15.2 Å². The van der Waals surface area contributed by atoms with Crippen LogP contribution in [-0.4, -0.2) is 23.2 Å². The van der Waals surface area contributed by atoms with E-state index in [1.54, 1.807) is 0 Å². The minimum absolute atomic E-state index is 0.220. The Morgan fingerprint density at radius 2 is 2.00 bits per heavy atom. The second-order valence-electron chi connectivity index (χ2n) is 4.11. The highest BCUT2D eigenvalue weighted by molar-refractivity contribution is 9.10. The lowest BCUT2D eigenvalue weighted by Gasteiger charge is -2.07. The third-order valence-corrected chi connectivity index (χ3v) is 3.86. The number of halogens is 1. The summed E-state index contributed by atoms with van der Waals surface area (Å²) in [4.78, 5) is 0. The van der Waals surface area contributed by atoms with Crippen molar-refractivity contribution in [2.75, 3.05) is 0 Å². The molecule has 0 aliphatic rings. The first-order chi connectivity index (χ1) is 8.82. The van der Waals surface area contributed by atoms with E-state index in [2.05, 4.69) is 26.1 Å². The second kappa shape index (κ2) is 5.03. The Hall–Kier alpha value is -1.25. The second-order valence-corrected chi connectivity index (χ2v) is 6.48. The van der Waals surface area contributed by atoms with Crippen LogP contribution in [0.2, 0.25) is 0 Å². The van der Waals surface area contributed by atoms with Gasteiger partial charge in [0, 0.05) is 16.6 Å². The lowest BCUT2D eigenvalue weighted by molar-refractivity contribution is 0.571. The van der Waals surface area contributed by atoms with Gasteiger partial charge in [-0.2, -0.15) is 0 Å². The van der Waals surface area contributed by atoms with Crippen molar-refractivity contribution in [3.05, 3.63) is 28.2 Å². The van der Waals surface area contributed by atoms with E-state index in [0.29, 0.717) is 12.4 Å². The third-order valence-electron chi connectivity index (χ3n) is 2.59. The fourth-order valence-electron chi connectivity index (χ4n) is 1.86. The van der Waals surface area contributed by atoms with Crippen molar-refractivity contribution in [3.63, 3.8) is 0 Å². The van der Waals surface area contributed by atoms with Crippen molar-refractivity contribution >= 4 is 26.0 Å². The molecule has 0 radical (unpaired) electrons. The molecule has 0 atom stereocenters. The number of rotatable bonds is 3. The largest absolute Gasteiger partial charge is 0.297 e. The third kappa shape index (κ3) is 2.85. The van der Waals surface area contributed by atoms with Gasteiger partial charge in [-0.25, -0.2) is 13.6 Å². The minimum Gasteiger partial charge on any atom is -0.297 e. The van der Waals surface area contributed by atoms with E-state index in [-0.39, 0.29) is 5.16 Å². The van der Waals surface area contributed by atoms with E-state index < -0.39 is 10.0 Å². The maximum absolute atomic E-state index is 11.4. The first-order valence-corrected chi connectivity index (χ1v) is 7.90. The number of hydrogen-bond donors (Lipinski definition) is 1. The molecule has 1 aromatic heterocycles. The quantitative estimate of drug-likeness (QED) is 0.916. The molecule has 0 bridgehead atoms. The Bertz CT molecular complexity index is 704. The van der Waals surface area contributed by atoms with E-state index in [1.807, 2.05) is 32.0 Å². The summed E-state index contributed by atoms with van der Waals surface area (Å²) in [6, 6.07) is 5.72. The average molecular weight is 345 g/mol. The van der Waals surface area contributed by atoms with Gasteiger partial charge in [0.15, 0.2) is 5.82 Å². The number of nitrogens with two attached hydrogens (primary N) is 1. The molecule has 0 aliphatic carbocycles. The Balaban J connectivity index is 2.67. The standard InChI is InChI=1S/C11H13BrN4O2S/c1-3-16-10(14-15-11(16)19(13,17)18)8-4-7(2)5-9(12)6-8/h4-6H,3H2,1-2H3,(H2,13,17,18).